The number of carbonyl (C=O) groups is 1. The molecule has 6 nitrogen and oxygen atoms in total. The number of carbonyl (C=O) groups excluding carboxylic acids is 1. The molecule has 0 bridgehead atoms. The summed E-state index contributed by atoms with van der Waals surface area (Å²) in [6, 6.07) is 12.0. The van der Waals surface area contributed by atoms with E-state index < -0.39 is 6.04 Å². The van der Waals surface area contributed by atoms with Gasteiger partial charge in [0.05, 0.1) is 23.6 Å². The van der Waals surface area contributed by atoms with Gasteiger partial charge in [-0.2, -0.15) is 0 Å². The maximum Gasteiger partial charge on any atom is 0.290 e. The number of likely N-dealkylation sites (N-methyl/N-ethyl adjacent to an activating group) is 1. The van der Waals surface area contributed by atoms with Crippen molar-refractivity contribution in [2.75, 3.05) is 32.8 Å². The molecule has 4 rings (SSSR count). The largest absolute Gasteiger partial charge is 0.494 e. The molecular weight excluding hydrogens is 440 g/mol. The highest BCUT2D eigenvalue weighted by Gasteiger charge is 2.42. The van der Waals surface area contributed by atoms with Crippen molar-refractivity contribution in [2.45, 2.75) is 33.2 Å². The average molecular weight is 469 g/mol. The Labute approximate surface area is 198 Å². The van der Waals surface area contributed by atoms with Crippen molar-refractivity contribution in [1.82, 2.24) is 9.80 Å². The third kappa shape index (κ3) is 4.50. The highest BCUT2D eigenvalue weighted by molar-refractivity contribution is 6.31. The van der Waals surface area contributed by atoms with E-state index in [2.05, 4.69) is 18.7 Å². The van der Waals surface area contributed by atoms with E-state index in [1.807, 2.05) is 31.2 Å². The van der Waals surface area contributed by atoms with Crippen LogP contribution < -0.4 is 10.2 Å². The predicted molar refractivity (Wildman–Crippen MR) is 130 cm³/mol. The van der Waals surface area contributed by atoms with Crippen molar-refractivity contribution in [3.8, 4) is 5.75 Å². The minimum Gasteiger partial charge on any atom is -0.494 e. The Balaban J connectivity index is 1.85. The zero-order valence-corrected chi connectivity index (χ0v) is 20.0. The topological polar surface area (TPSA) is 63.0 Å². The van der Waals surface area contributed by atoms with Crippen LogP contribution in [0.3, 0.4) is 0 Å². The minimum atomic E-state index is -0.548. The molecule has 1 amide bonds. The number of fused-ring (bicyclic) bond motifs is 2. The first-order valence-corrected chi connectivity index (χ1v) is 11.9. The standard InChI is InChI=1S/C26H29ClN2O4/c1-4-14-32-19-9-7-8-17(15-19)23-22-24(30)20-16-18(27)10-11-21(20)33-25(22)26(31)29(23)13-12-28(5-2)6-3/h7-11,15-16,23H,4-6,12-14H2,1-3H3. The van der Waals surface area contributed by atoms with E-state index in [4.69, 9.17) is 20.8 Å². The van der Waals surface area contributed by atoms with Crippen molar-refractivity contribution in [1.29, 1.82) is 0 Å². The van der Waals surface area contributed by atoms with Crippen molar-refractivity contribution < 1.29 is 13.9 Å². The van der Waals surface area contributed by atoms with Crippen molar-refractivity contribution in [2.24, 2.45) is 0 Å². The van der Waals surface area contributed by atoms with Gasteiger partial charge >= 0.3 is 0 Å². The van der Waals surface area contributed by atoms with Gasteiger partial charge in [-0.25, -0.2) is 0 Å². The van der Waals surface area contributed by atoms with Crippen LogP contribution in [-0.4, -0.2) is 48.5 Å². The Morgan fingerprint density at radius 3 is 2.61 bits per heavy atom. The Morgan fingerprint density at radius 1 is 1.09 bits per heavy atom. The van der Waals surface area contributed by atoms with Crippen LogP contribution >= 0.6 is 11.6 Å². The molecule has 1 aromatic heterocycles. The Hall–Kier alpha value is -2.83. The second-order valence-electron chi connectivity index (χ2n) is 8.16. The Bertz CT molecular complexity index is 1220. The highest BCUT2D eigenvalue weighted by Crippen LogP contribution is 2.39. The fourth-order valence-electron chi connectivity index (χ4n) is 4.35. The van der Waals surface area contributed by atoms with Crippen molar-refractivity contribution >= 4 is 28.5 Å². The second-order valence-corrected chi connectivity index (χ2v) is 8.60. The Morgan fingerprint density at radius 2 is 1.88 bits per heavy atom. The molecule has 3 aromatic rings. The Kier molecular flexibility index (Phi) is 7.05. The number of rotatable bonds is 9. The number of halogens is 1. The molecule has 2 heterocycles. The lowest BCUT2D eigenvalue weighted by molar-refractivity contribution is 0.0708. The number of ether oxygens (including phenoxy) is 1. The van der Waals surface area contributed by atoms with Crippen LogP contribution in [0.5, 0.6) is 5.75 Å². The lowest BCUT2D eigenvalue weighted by Gasteiger charge is -2.28. The van der Waals surface area contributed by atoms with Crippen LogP contribution in [0.1, 0.15) is 54.9 Å². The maximum absolute atomic E-state index is 13.6. The van der Waals surface area contributed by atoms with Gasteiger partial charge in [-0.3, -0.25) is 9.59 Å². The van der Waals surface area contributed by atoms with E-state index in [-0.39, 0.29) is 17.1 Å². The van der Waals surface area contributed by atoms with Crippen molar-refractivity contribution in [3.63, 3.8) is 0 Å². The third-order valence-electron chi connectivity index (χ3n) is 6.13. The first kappa shape index (κ1) is 23.3. The second kappa shape index (κ2) is 9.98. The molecule has 0 spiro atoms. The summed E-state index contributed by atoms with van der Waals surface area (Å²) < 4.78 is 11.8. The highest BCUT2D eigenvalue weighted by atomic mass is 35.5. The van der Waals surface area contributed by atoms with Gasteiger partial charge in [0.25, 0.3) is 5.91 Å². The molecule has 0 radical (unpaired) electrons. The SMILES string of the molecule is CCCOc1cccc(C2c3c(oc4ccc(Cl)cc4c3=O)C(=O)N2CCN(CC)CC)c1. The van der Waals surface area contributed by atoms with E-state index >= 15 is 0 Å². The van der Waals surface area contributed by atoms with Crippen LogP contribution in [-0.2, 0) is 0 Å². The first-order valence-electron chi connectivity index (χ1n) is 11.5. The van der Waals surface area contributed by atoms with Crippen LogP contribution in [0.4, 0.5) is 0 Å². The first-order chi connectivity index (χ1) is 16.0. The summed E-state index contributed by atoms with van der Waals surface area (Å²) >= 11 is 6.16. The molecule has 7 heteroatoms. The smallest absolute Gasteiger partial charge is 0.290 e. The summed E-state index contributed by atoms with van der Waals surface area (Å²) in [5, 5.41) is 0.826. The zero-order valence-electron chi connectivity index (χ0n) is 19.3. The van der Waals surface area contributed by atoms with Crippen LogP contribution in [0.2, 0.25) is 5.02 Å². The summed E-state index contributed by atoms with van der Waals surface area (Å²) in [5.74, 6) is 0.558. The van der Waals surface area contributed by atoms with Crippen LogP contribution in [0.25, 0.3) is 11.0 Å². The van der Waals surface area contributed by atoms with Gasteiger partial charge in [0.1, 0.15) is 11.3 Å². The normalized spacial score (nSPS) is 15.5. The fraction of sp³-hybridized carbons (Fsp3) is 0.385. The lowest BCUT2D eigenvalue weighted by Crippen LogP contribution is -2.37. The van der Waals surface area contributed by atoms with Crippen LogP contribution in [0.15, 0.2) is 51.7 Å². The molecule has 0 aliphatic carbocycles. The maximum atomic E-state index is 13.6. The van der Waals surface area contributed by atoms with Crippen LogP contribution in [0, 0.1) is 0 Å². The summed E-state index contributed by atoms with van der Waals surface area (Å²) in [6.45, 7) is 9.79. The predicted octanol–water partition coefficient (Wildman–Crippen LogP) is 5.12. The van der Waals surface area contributed by atoms with Gasteiger partial charge in [0.2, 0.25) is 5.76 Å². The molecule has 174 valence electrons. The number of benzene rings is 2. The molecular formula is C26H29ClN2O4. The number of amides is 1. The molecule has 33 heavy (non-hydrogen) atoms. The monoisotopic (exact) mass is 468 g/mol. The van der Waals surface area contributed by atoms with Crippen molar-refractivity contribution in [3.05, 3.63) is 74.6 Å². The van der Waals surface area contributed by atoms with E-state index in [0.29, 0.717) is 47.0 Å². The molecule has 1 aliphatic rings. The van der Waals surface area contributed by atoms with E-state index in [9.17, 15) is 9.59 Å². The van der Waals surface area contributed by atoms with Gasteiger partial charge in [0, 0.05) is 18.1 Å². The van der Waals surface area contributed by atoms with Gasteiger partial charge in [-0.05, 0) is 55.4 Å². The molecule has 2 aromatic carbocycles. The quantitative estimate of drug-likeness (QED) is 0.436. The lowest BCUT2D eigenvalue weighted by atomic mass is 9.98. The fourth-order valence-corrected chi connectivity index (χ4v) is 4.53. The van der Waals surface area contributed by atoms with Gasteiger partial charge in [-0.15, -0.1) is 0 Å². The average Bonchev–Trinajstić information content (AvgIpc) is 3.11. The summed E-state index contributed by atoms with van der Waals surface area (Å²) in [7, 11) is 0. The zero-order chi connectivity index (χ0) is 23.5. The molecule has 1 aliphatic heterocycles. The van der Waals surface area contributed by atoms with E-state index in [0.717, 1.165) is 25.1 Å². The van der Waals surface area contributed by atoms with E-state index in [1.54, 1.807) is 23.1 Å². The number of hydrogen-bond acceptors (Lipinski definition) is 5. The van der Waals surface area contributed by atoms with Gasteiger partial charge in [0.15, 0.2) is 5.43 Å². The summed E-state index contributed by atoms with van der Waals surface area (Å²) in [4.78, 5) is 31.1. The molecule has 0 saturated carbocycles. The van der Waals surface area contributed by atoms with Gasteiger partial charge < -0.3 is 19.0 Å². The minimum absolute atomic E-state index is 0.110. The third-order valence-corrected chi connectivity index (χ3v) is 6.36. The molecule has 0 N–H and O–H groups in total. The van der Waals surface area contributed by atoms with Gasteiger partial charge in [-0.1, -0.05) is 44.5 Å². The summed E-state index contributed by atoms with van der Waals surface area (Å²) in [5.41, 5.74) is 1.32. The van der Waals surface area contributed by atoms with E-state index in [1.165, 1.54) is 0 Å². The molecule has 1 unspecified atom stereocenters. The molecule has 1 atom stereocenters. The summed E-state index contributed by atoms with van der Waals surface area (Å²) in [6.07, 6.45) is 0.890. The molecule has 0 fully saturated rings. The number of hydrogen-bond donors (Lipinski definition) is 0. The molecule has 0 saturated heterocycles. The number of nitrogens with zero attached hydrogens (tertiary/aromatic N) is 2.